The molecule has 8 unspecified atom stereocenters. The highest BCUT2D eigenvalue weighted by molar-refractivity contribution is 6.33. The topological polar surface area (TPSA) is 202 Å². The summed E-state index contributed by atoms with van der Waals surface area (Å²) >= 11 is 12.3. The van der Waals surface area contributed by atoms with Crippen molar-refractivity contribution in [3.63, 3.8) is 0 Å². The number of aromatic nitrogens is 10. The van der Waals surface area contributed by atoms with Crippen molar-refractivity contribution < 1.29 is 55.7 Å². The lowest BCUT2D eigenvalue weighted by atomic mass is 9.76. The van der Waals surface area contributed by atoms with Crippen LogP contribution in [0.5, 0.6) is 0 Å². The molecular formula is C74H80Cl2F4N10O8. The van der Waals surface area contributed by atoms with Gasteiger partial charge in [0, 0.05) is 74.6 Å². The quantitative estimate of drug-likeness (QED) is 0.0710. The highest BCUT2D eigenvalue weighted by atomic mass is 35.5. The van der Waals surface area contributed by atoms with Crippen molar-refractivity contribution in [3.8, 4) is 0 Å². The number of halogens is 6. The molecular weight excluding hydrogens is 1300 g/mol. The van der Waals surface area contributed by atoms with Gasteiger partial charge < -0.3 is 18.9 Å². The lowest BCUT2D eigenvalue weighted by molar-refractivity contribution is -0.0711. The van der Waals surface area contributed by atoms with Gasteiger partial charge in [-0.2, -0.15) is 20.4 Å². The third-order valence-electron chi connectivity index (χ3n) is 24.0. The molecule has 4 fully saturated rings. The predicted octanol–water partition coefficient (Wildman–Crippen LogP) is 16.1. The van der Waals surface area contributed by atoms with Crippen LogP contribution in [0.1, 0.15) is 252 Å². The van der Waals surface area contributed by atoms with Gasteiger partial charge in [-0.1, -0.05) is 127 Å². The van der Waals surface area contributed by atoms with E-state index in [0.717, 1.165) is 66.6 Å². The number of esters is 4. The van der Waals surface area contributed by atoms with Gasteiger partial charge in [-0.15, -0.1) is 0 Å². The van der Waals surface area contributed by atoms with Gasteiger partial charge in [-0.05, 0) is 146 Å². The summed E-state index contributed by atoms with van der Waals surface area (Å²) in [6.45, 7) is 21.3. The molecule has 98 heavy (non-hydrogen) atoms. The second-order valence-corrected chi connectivity index (χ2v) is 30.5. The summed E-state index contributed by atoms with van der Waals surface area (Å²) in [5.41, 5.74) is 6.52. The fraction of sp³-hybridized carbons (Fsp3) is 0.486. The van der Waals surface area contributed by atoms with Crippen LogP contribution < -0.4 is 0 Å². The van der Waals surface area contributed by atoms with Crippen molar-refractivity contribution in [2.75, 3.05) is 0 Å². The van der Waals surface area contributed by atoms with E-state index in [0.29, 0.717) is 46.9 Å². The number of pyridine rings is 2. The fourth-order valence-corrected chi connectivity index (χ4v) is 19.1. The summed E-state index contributed by atoms with van der Waals surface area (Å²) in [4.78, 5) is 60.3. The minimum absolute atomic E-state index is 0.133. The highest BCUT2D eigenvalue weighted by Crippen LogP contribution is 2.72. The van der Waals surface area contributed by atoms with Gasteiger partial charge in [0.05, 0.1) is 23.8 Å². The van der Waals surface area contributed by atoms with Gasteiger partial charge in [-0.3, -0.25) is 28.7 Å². The van der Waals surface area contributed by atoms with E-state index in [9.17, 15) is 36.7 Å². The molecule has 16 rings (SSSR count). The van der Waals surface area contributed by atoms with E-state index in [1.54, 1.807) is 26.5 Å². The number of carbonyl (C=O) groups is 4. The Bertz CT molecular complexity index is 4570. The van der Waals surface area contributed by atoms with E-state index in [4.69, 9.17) is 42.1 Å². The Kier molecular flexibility index (Phi) is 16.5. The summed E-state index contributed by atoms with van der Waals surface area (Å²) in [6.07, 6.45) is 10.2. The Balaban J connectivity index is 0.000000118. The van der Waals surface area contributed by atoms with Crippen molar-refractivity contribution in [2.45, 2.75) is 180 Å². The Morgan fingerprint density at radius 3 is 1.14 bits per heavy atom. The molecule has 0 spiro atoms. The number of alkyl halides is 4. The summed E-state index contributed by atoms with van der Waals surface area (Å²) in [7, 11) is 6.42. The molecule has 4 saturated carbocycles. The standard InChI is InChI=1S/C20H22F2N2O2.C19H21ClN2O2.C18H19F2N3O2.C17H18ClN3O2/c1-11-6-5-7-14-15(11)13-8-9-20(14,19(13,2)3)26-18(25)12-10-24(4)23-16(12)17(21)22;1-11-6-5-7-14-15(11)13-8-9-19(14,18(13,2)3)24-17(23)12-10-21-22(4)16(12)20;1-17(2)12-6-7-18(17,14-10(12)5-4-8-21-14)25-16(24)11-9-23(3)22-13(11)15(19)20;1-16(2)12-6-7-17(16,13-10(12)5-4-8-19-13)23-15(22)11-9-20-21(3)14(11)18/h5-7,10,13,17H,8-9H2,1-4H3;5-7,10,13H,8-9H2,1-4H3;4-5,8-9,12,15H,6-7H2,1-3H3;4-5,8-9,12H,6-7H2,1-3H3. The van der Waals surface area contributed by atoms with Gasteiger partial charge >= 0.3 is 23.9 Å². The maximum atomic E-state index is 13.3. The number of hydrogen-bond acceptors (Lipinski definition) is 14. The fourth-order valence-electron chi connectivity index (χ4n) is 18.8. The van der Waals surface area contributed by atoms with E-state index in [1.807, 2.05) is 30.3 Å². The van der Waals surface area contributed by atoms with Crippen molar-refractivity contribution in [1.82, 2.24) is 49.1 Å². The van der Waals surface area contributed by atoms with Crippen molar-refractivity contribution >= 4 is 47.1 Å². The van der Waals surface area contributed by atoms with Crippen molar-refractivity contribution in [3.05, 3.63) is 198 Å². The second-order valence-electron chi connectivity index (χ2n) is 29.8. The van der Waals surface area contributed by atoms with Crippen LogP contribution in [0.2, 0.25) is 10.3 Å². The van der Waals surface area contributed by atoms with Crippen molar-refractivity contribution in [1.29, 1.82) is 0 Å². The molecule has 516 valence electrons. The first kappa shape index (κ1) is 68.3. The highest BCUT2D eigenvalue weighted by Gasteiger charge is 2.69. The zero-order valence-corrected chi connectivity index (χ0v) is 58.9. The minimum atomic E-state index is -2.83. The zero-order chi connectivity index (χ0) is 70.5. The molecule has 6 heterocycles. The number of aryl methyl sites for hydroxylation is 6. The maximum absolute atomic E-state index is 13.3. The number of hydrogen-bond donors (Lipinski definition) is 0. The number of nitrogens with zero attached hydrogens (tertiary/aromatic N) is 10. The van der Waals surface area contributed by atoms with E-state index in [2.05, 4.69) is 130 Å². The summed E-state index contributed by atoms with van der Waals surface area (Å²) in [6, 6.07) is 20.3. The SMILES string of the molecule is Cc1cccc2c1C1CCC2(OC(=O)c2cn(C)nc2C(F)F)C1(C)C.Cc1cccc2c1C1CCC2(OC(=O)c2cnn(C)c2Cl)C1(C)C.Cn1cc(C(=O)OC23CCC(c4cccnc42)C3(C)C)c(C(F)F)n1.Cn1ncc(C(=O)OC23CCC(c4cccnc42)C3(C)C)c1Cl. The molecule has 0 N–H and O–H groups in total. The Morgan fingerprint density at radius 2 is 0.796 bits per heavy atom. The van der Waals surface area contributed by atoms with E-state index >= 15 is 0 Å². The molecule has 18 nitrogen and oxygen atoms in total. The molecule has 8 aromatic rings. The molecule has 2 aromatic carbocycles. The maximum Gasteiger partial charge on any atom is 0.343 e. The number of fused-ring (bicyclic) bond motifs is 20. The van der Waals surface area contributed by atoms with Crippen LogP contribution in [0.15, 0.2) is 97.8 Å². The third kappa shape index (κ3) is 9.79. The number of benzene rings is 2. The smallest absolute Gasteiger partial charge is 0.343 e. The van der Waals surface area contributed by atoms with E-state index in [1.165, 1.54) is 85.4 Å². The zero-order valence-electron chi connectivity index (χ0n) is 57.4. The first-order valence-electron chi connectivity index (χ1n) is 33.2. The molecule has 8 atom stereocenters. The molecule has 8 aliphatic rings. The van der Waals surface area contributed by atoms with Gasteiger partial charge in [0.2, 0.25) is 0 Å². The molecule has 6 aromatic heterocycles. The van der Waals surface area contributed by atoms with Crippen molar-refractivity contribution in [2.24, 2.45) is 49.9 Å². The normalized spacial score (nSPS) is 26.3. The average Bonchev–Trinajstić information content (AvgIpc) is 1.55. The van der Waals surface area contributed by atoms with Crippen LogP contribution in [0.3, 0.4) is 0 Å². The summed E-state index contributed by atoms with van der Waals surface area (Å²) in [5.74, 6) is -0.990. The minimum Gasteiger partial charge on any atom is -0.450 e. The molecule has 0 amide bonds. The molecule has 0 radical (unpaired) electrons. The molecule has 0 aliphatic heterocycles. The van der Waals surface area contributed by atoms with Gasteiger partial charge in [0.25, 0.3) is 12.9 Å². The van der Waals surface area contributed by atoms with Gasteiger partial charge in [0.1, 0.15) is 55.1 Å². The molecule has 8 bridgehead atoms. The van der Waals surface area contributed by atoms with Gasteiger partial charge in [0.15, 0.2) is 11.2 Å². The summed E-state index contributed by atoms with van der Waals surface area (Å²) in [5, 5.41) is 16.1. The Morgan fingerprint density at radius 1 is 0.469 bits per heavy atom. The van der Waals surface area contributed by atoms with Crippen LogP contribution >= 0.6 is 23.2 Å². The first-order valence-corrected chi connectivity index (χ1v) is 33.9. The Labute approximate surface area is 576 Å². The van der Waals surface area contributed by atoms with E-state index < -0.39 is 70.5 Å². The molecule has 0 saturated heterocycles. The predicted molar refractivity (Wildman–Crippen MR) is 355 cm³/mol. The van der Waals surface area contributed by atoms with Crippen LogP contribution in [-0.2, 0) is 69.5 Å². The second kappa shape index (κ2) is 23.7. The summed E-state index contributed by atoms with van der Waals surface area (Å²) < 4.78 is 82.5. The van der Waals surface area contributed by atoms with Crippen LogP contribution in [0.25, 0.3) is 0 Å². The number of ether oxygens (including phenoxy) is 4. The van der Waals surface area contributed by atoms with Crippen LogP contribution in [-0.4, -0.2) is 73.0 Å². The van der Waals surface area contributed by atoms with Crippen LogP contribution in [0.4, 0.5) is 17.6 Å². The van der Waals surface area contributed by atoms with E-state index in [-0.39, 0.29) is 43.9 Å². The monoisotopic (exact) mass is 1380 g/mol. The lowest BCUT2D eigenvalue weighted by Crippen LogP contribution is -2.40. The molecule has 8 aliphatic carbocycles. The number of rotatable bonds is 10. The largest absolute Gasteiger partial charge is 0.450 e. The van der Waals surface area contributed by atoms with Gasteiger partial charge in [-0.25, -0.2) is 36.7 Å². The number of carbonyl (C=O) groups excluding carboxylic acids is 4. The average molecular weight is 1380 g/mol. The molecule has 24 heteroatoms. The lowest BCUT2D eigenvalue weighted by Gasteiger charge is -2.38. The van der Waals surface area contributed by atoms with Crippen LogP contribution in [0, 0.1) is 35.5 Å². The third-order valence-corrected chi connectivity index (χ3v) is 24.9. The first-order chi connectivity index (χ1) is 46.1. The Hall–Kier alpha value is -8.24.